The van der Waals surface area contributed by atoms with Crippen LogP contribution in [0.3, 0.4) is 0 Å². The van der Waals surface area contributed by atoms with Gasteiger partial charge in [0.2, 0.25) is 21.8 Å². The van der Waals surface area contributed by atoms with Crippen LogP contribution in [0.4, 0.5) is 5.69 Å². The zero-order valence-electron chi connectivity index (χ0n) is 21.0. The monoisotopic (exact) mass is 487 g/mol. The summed E-state index contributed by atoms with van der Waals surface area (Å²) in [6.07, 6.45) is 1.49. The zero-order valence-corrected chi connectivity index (χ0v) is 21.9. The minimum atomic E-state index is -3.73. The Bertz CT molecular complexity index is 1080. The van der Waals surface area contributed by atoms with Crippen molar-refractivity contribution in [3.05, 3.63) is 65.2 Å². The maximum atomic E-state index is 13.6. The van der Waals surface area contributed by atoms with E-state index < -0.39 is 22.0 Å². The lowest BCUT2D eigenvalue weighted by molar-refractivity contribution is -0.140. The molecule has 0 heterocycles. The maximum absolute atomic E-state index is 13.6. The average Bonchev–Trinajstić information content (AvgIpc) is 2.75. The standard InChI is InChI=1S/C26H37N3O4S/c1-7-24(26(31)27-16-19(2)3)28(17-22-10-8-9-21(5)15-22)25(30)18-29(34(6,32)33)23-13-11-20(4)12-14-23/h8-15,19,24H,7,16-18H2,1-6H3,(H,27,31)/t24-/m1/s1. The molecule has 0 saturated carbocycles. The molecule has 1 atom stereocenters. The van der Waals surface area contributed by atoms with Gasteiger partial charge in [-0.1, -0.05) is 68.3 Å². The van der Waals surface area contributed by atoms with Crippen LogP contribution in [0.15, 0.2) is 48.5 Å². The fourth-order valence-electron chi connectivity index (χ4n) is 3.67. The number of amides is 2. The Labute approximate surface area is 204 Å². The first-order chi connectivity index (χ1) is 15.9. The predicted octanol–water partition coefficient (Wildman–Crippen LogP) is 3.65. The summed E-state index contributed by atoms with van der Waals surface area (Å²) in [6, 6.07) is 14.0. The largest absolute Gasteiger partial charge is 0.354 e. The van der Waals surface area contributed by atoms with Gasteiger partial charge in [-0.05, 0) is 43.9 Å². The highest BCUT2D eigenvalue weighted by atomic mass is 32.2. The highest BCUT2D eigenvalue weighted by Gasteiger charge is 2.31. The molecule has 0 unspecified atom stereocenters. The van der Waals surface area contributed by atoms with Crippen molar-refractivity contribution in [2.24, 2.45) is 5.92 Å². The second kappa shape index (κ2) is 12.0. The molecule has 2 aromatic carbocycles. The number of rotatable bonds is 11. The van der Waals surface area contributed by atoms with Gasteiger partial charge in [0.05, 0.1) is 11.9 Å². The van der Waals surface area contributed by atoms with Gasteiger partial charge in [-0.15, -0.1) is 0 Å². The van der Waals surface area contributed by atoms with Gasteiger partial charge < -0.3 is 10.2 Å². The third-order valence-corrected chi connectivity index (χ3v) is 6.65. The minimum absolute atomic E-state index is 0.208. The third kappa shape index (κ3) is 7.87. The van der Waals surface area contributed by atoms with E-state index in [-0.39, 0.29) is 24.9 Å². The first-order valence-electron chi connectivity index (χ1n) is 11.6. The van der Waals surface area contributed by atoms with E-state index in [0.717, 1.165) is 27.3 Å². The Morgan fingerprint density at radius 2 is 1.65 bits per heavy atom. The van der Waals surface area contributed by atoms with Crippen molar-refractivity contribution in [2.45, 2.75) is 53.6 Å². The molecular weight excluding hydrogens is 450 g/mol. The highest BCUT2D eigenvalue weighted by Crippen LogP contribution is 2.20. The van der Waals surface area contributed by atoms with Crippen molar-refractivity contribution in [1.82, 2.24) is 10.2 Å². The fourth-order valence-corrected chi connectivity index (χ4v) is 4.52. The molecule has 34 heavy (non-hydrogen) atoms. The van der Waals surface area contributed by atoms with E-state index in [1.54, 1.807) is 24.3 Å². The molecule has 0 radical (unpaired) electrons. The Morgan fingerprint density at radius 1 is 1.00 bits per heavy atom. The van der Waals surface area contributed by atoms with Crippen molar-refractivity contribution in [3.63, 3.8) is 0 Å². The average molecular weight is 488 g/mol. The predicted molar refractivity (Wildman–Crippen MR) is 137 cm³/mol. The van der Waals surface area contributed by atoms with Crippen molar-refractivity contribution < 1.29 is 18.0 Å². The smallest absolute Gasteiger partial charge is 0.244 e. The normalized spacial score (nSPS) is 12.3. The Kier molecular flexibility index (Phi) is 9.67. The van der Waals surface area contributed by atoms with Crippen molar-refractivity contribution >= 4 is 27.5 Å². The molecule has 0 spiro atoms. The van der Waals surface area contributed by atoms with Gasteiger partial charge in [0.15, 0.2) is 0 Å². The molecule has 2 amide bonds. The second-order valence-corrected chi connectivity index (χ2v) is 11.1. The van der Waals surface area contributed by atoms with Crippen molar-refractivity contribution in [3.8, 4) is 0 Å². The van der Waals surface area contributed by atoms with Crippen LogP contribution in [-0.4, -0.2) is 50.5 Å². The summed E-state index contributed by atoms with van der Waals surface area (Å²) < 4.78 is 26.3. The van der Waals surface area contributed by atoms with Crippen LogP contribution in [0, 0.1) is 19.8 Å². The molecule has 7 nitrogen and oxygen atoms in total. The van der Waals surface area contributed by atoms with Crippen LogP contribution in [0.5, 0.6) is 0 Å². The lowest BCUT2D eigenvalue weighted by Crippen LogP contribution is -2.52. The summed E-state index contributed by atoms with van der Waals surface area (Å²) in [4.78, 5) is 28.1. The first-order valence-corrected chi connectivity index (χ1v) is 13.4. The number of nitrogens with zero attached hydrogens (tertiary/aromatic N) is 2. The van der Waals surface area contributed by atoms with Gasteiger partial charge in [0, 0.05) is 13.1 Å². The molecule has 0 aliphatic carbocycles. The van der Waals surface area contributed by atoms with Gasteiger partial charge in [-0.2, -0.15) is 0 Å². The molecule has 0 aromatic heterocycles. The quantitative estimate of drug-likeness (QED) is 0.524. The van der Waals surface area contributed by atoms with Crippen LogP contribution in [0.2, 0.25) is 0 Å². The summed E-state index contributed by atoms with van der Waals surface area (Å²) in [5.41, 5.74) is 3.32. The number of sulfonamides is 1. The van der Waals surface area contributed by atoms with E-state index in [1.165, 1.54) is 4.90 Å². The van der Waals surface area contributed by atoms with Gasteiger partial charge in [-0.25, -0.2) is 8.42 Å². The molecule has 186 valence electrons. The molecule has 0 aliphatic heterocycles. The molecule has 2 rings (SSSR count). The number of aryl methyl sites for hydroxylation is 2. The van der Waals surface area contributed by atoms with Crippen molar-refractivity contribution in [1.29, 1.82) is 0 Å². The number of nitrogens with one attached hydrogen (secondary N) is 1. The lowest BCUT2D eigenvalue weighted by Gasteiger charge is -2.33. The molecule has 0 fully saturated rings. The fraction of sp³-hybridized carbons (Fsp3) is 0.462. The Hall–Kier alpha value is -2.87. The minimum Gasteiger partial charge on any atom is -0.354 e. The summed E-state index contributed by atoms with van der Waals surface area (Å²) in [6.45, 7) is 10.0. The van der Waals surface area contributed by atoms with E-state index in [2.05, 4.69) is 5.32 Å². The number of carbonyl (C=O) groups is 2. The SMILES string of the molecule is CC[C@H](C(=O)NCC(C)C)N(Cc1cccc(C)c1)C(=O)CN(c1ccc(C)cc1)S(C)(=O)=O. The van der Waals surface area contributed by atoms with E-state index in [9.17, 15) is 18.0 Å². The Balaban J connectivity index is 2.41. The summed E-state index contributed by atoms with van der Waals surface area (Å²) in [5.74, 6) is -0.401. The molecule has 0 bridgehead atoms. The highest BCUT2D eigenvalue weighted by molar-refractivity contribution is 7.92. The molecule has 8 heteroatoms. The van der Waals surface area contributed by atoms with Crippen LogP contribution in [-0.2, 0) is 26.2 Å². The maximum Gasteiger partial charge on any atom is 0.244 e. The van der Waals surface area contributed by atoms with Gasteiger partial charge >= 0.3 is 0 Å². The number of carbonyl (C=O) groups excluding carboxylic acids is 2. The first kappa shape index (κ1) is 27.4. The summed E-state index contributed by atoms with van der Waals surface area (Å²) >= 11 is 0. The zero-order chi connectivity index (χ0) is 25.5. The summed E-state index contributed by atoms with van der Waals surface area (Å²) in [7, 11) is -3.73. The second-order valence-electron chi connectivity index (χ2n) is 9.18. The number of benzene rings is 2. The van der Waals surface area contributed by atoms with Crippen LogP contribution in [0.1, 0.15) is 43.9 Å². The molecule has 0 saturated heterocycles. The molecule has 1 N–H and O–H groups in total. The number of anilines is 1. The van der Waals surface area contributed by atoms with Crippen LogP contribution >= 0.6 is 0 Å². The van der Waals surface area contributed by atoms with Gasteiger partial charge in [-0.3, -0.25) is 13.9 Å². The molecule has 0 aliphatic rings. The van der Waals surface area contributed by atoms with E-state index in [4.69, 9.17) is 0 Å². The summed E-state index contributed by atoms with van der Waals surface area (Å²) in [5, 5.41) is 2.92. The Morgan fingerprint density at radius 3 is 2.18 bits per heavy atom. The van der Waals surface area contributed by atoms with E-state index >= 15 is 0 Å². The van der Waals surface area contributed by atoms with Gasteiger partial charge in [0.25, 0.3) is 0 Å². The van der Waals surface area contributed by atoms with Crippen LogP contribution < -0.4 is 9.62 Å². The topological polar surface area (TPSA) is 86.8 Å². The van der Waals surface area contributed by atoms with E-state index in [0.29, 0.717) is 18.7 Å². The van der Waals surface area contributed by atoms with Gasteiger partial charge in [0.1, 0.15) is 12.6 Å². The molecule has 2 aromatic rings. The number of hydrogen-bond donors (Lipinski definition) is 1. The molecular formula is C26H37N3O4S. The third-order valence-electron chi connectivity index (χ3n) is 5.51. The lowest BCUT2D eigenvalue weighted by atomic mass is 10.1. The van der Waals surface area contributed by atoms with E-state index in [1.807, 2.05) is 58.9 Å². The number of hydrogen-bond acceptors (Lipinski definition) is 4. The van der Waals surface area contributed by atoms with Crippen LogP contribution in [0.25, 0.3) is 0 Å². The van der Waals surface area contributed by atoms with Crippen molar-refractivity contribution in [2.75, 3.05) is 23.7 Å².